The summed E-state index contributed by atoms with van der Waals surface area (Å²) in [6, 6.07) is 0. The number of nitrogens with zero attached hydrogens (tertiary/aromatic N) is 2. The van der Waals surface area contributed by atoms with E-state index in [0.717, 1.165) is 24.5 Å². The molecule has 0 bridgehead atoms. The quantitative estimate of drug-likeness (QED) is 0.811. The van der Waals surface area contributed by atoms with Crippen molar-refractivity contribution in [3.05, 3.63) is 18.1 Å². The Kier molecular flexibility index (Phi) is 4.73. The average Bonchev–Trinajstić information content (AvgIpc) is 2.20. The fraction of sp³-hybridized carbons (Fsp3) is 0.600. The number of rotatable bonds is 5. The molecule has 0 fully saturated rings. The summed E-state index contributed by atoms with van der Waals surface area (Å²) in [5.74, 6) is 0.904. The molecule has 14 heavy (non-hydrogen) atoms. The Hall–Kier alpha value is -0.770. The highest BCUT2D eigenvalue weighted by Gasteiger charge is 2.01. The summed E-state index contributed by atoms with van der Waals surface area (Å²) in [4.78, 5) is 8.39. The SMILES string of the molecule is CSC(C)CCNc1nccnc1C. The molecule has 78 valence electrons. The van der Waals surface area contributed by atoms with E-state index in [4.69, 9.17) is 0 Å². The lowest BCUT2D eigenvalue weighted by Gasteiger charge is -2.10. The summed E-state index contributed by atoms with van der Waals surface area (Å²) in [5, 5.41) is 3.99. The molecule has 1 unspecified atom stereocenters. The van der Waals surface area contributed by atoms with Crippen molar-refractivity contribution in [3.63, 3.8) is 0 Å². The van der Waals surface area contributed by atoms with Gasteiger partial charge in [0.05, 0.1) is 5.69 Å². The van der Waals surface area contributed by atoms with Crippen molar-refractivity contribution in [2.24, 2.45) is 0 Å². The van der Waals surface area contributed by atoms with Crippen LogP contribution >= 0.6 is 11.8 Å². The van der Waals surface area contributed by atoms with Gasteiger partial charge in [-0.3, -0.25) is 4.98 Å². The Bertz CT molecular complexity index is 278. The van der Waals surface area contributed by atoms with Gasteiger partial charge in [0, 0.05) is 24.2 Å². The predicted molar refractivity (Wildman–Crippen MR) is 62.9 cm³/mol. The molecule has 0 aliphatic rings. The molecule has 0 spiro atoms. The minimum atomic E-state index is 0.694. The first-order valence-corrected chi connectivity index (χ1v) is 6.07. The van der Waals surface area contributed by atoms with Crippen LogP contribution < -0.4 is 5.32 Å². The van der Waals surface area contributed by atoms with E-state index < -0.39 is 0 Å². The molecule has 0 saturated carbocycles. The first-order chi connectivity index (χ1) is 6.74. The lowest BCUT2D eigenvalue weighted by molar-refractivity contribution is 0.847. The Morgan fingerprint density at radius 2 is 2.14 bits per heavy atom. The molecule has 1 rings (SSSR count). The van der Waals surface area contributed by atoms with Crippen molar-refractivity contribution in [2.45, 2.75) is 25.5 Å². The highest BCUT2D eigenvalue weighted by molar-refractivity contribution is 7.99. The molecule has 4 heteroatoms. The summed E-state index contributed by atoms with van der Waals surface area (Å²) in [7, 11) is 0. The van der Waals surface area contributed by atoms with E-state index in [9.17, 15) is 0 Å². The van der Waals surface area contributed by atoms with Gasteiger partial charge in [0.25, 0.3) is 0 Å². The normalized spacial score (nSPS) is 12.5. The number of thioether (sulfide) groups is 1. The van der Waals surface area contributed by atoms with Gasteiger partial charge in [-0.15, -0.1) is 0 Å². The molecule has 1 aromatic rings. The molecule has 3 nitrogen and oxygen atoms in total. The van der Waals surface area contributed by atoms with Gasteiger partial charge in [0.2, 0.25) is 0 Å². The van der Waals surface area contributed by atoms with E-state index in [0.29, 0.717) is 5.25 Å². The van der Waals surface area contributed by atoms with Crippen molar-refractivity contribution >= 4 is 17.6 Å². The molecule has 0 aromatic carbocycles. The molecular weight excluding hydrogens is 194 g/mol. The van der Waals surface area contributed by atoms with Gasteiger partial charge in [-0.1, -0.05) is 6.92 Å². The second kappa shape index (κ2) is 5.86. The second-order valence-corrected chi connectivity index (χ2v) is 4.53. The van der Waals surface area contributed by atoms with Crippen LogP contribution in [0.1, 0.15) is 19.0 Å². The molecule has 0 amide bonds. The van der Waals surface area contributed by atoms with Crippen molar-refractivity contribution < 1.29 is 0 Å². The number of hydrogen-bond acceptors (Lipinski definition) is 4. The van der Waals surface area contributed by atoms with Crippen LogP contribution in [0.15, 0.2) is 12.4 Å². The summed E-state index contributed by atoms with van der Waals surface area (Å²) in [6.07, 6.45) is 6.72. The van der Waals surface area contributed by atoms with Crippen LogP contribution in [-0.2, 0) is 0 Å². The van der Waals surface area contributed by atoms with Crippen molar-refractivity contribution in [2.75, 3.05) is 18.1 Å². The number of anilines is 1. The highest BCUT2D eigenvalue weighted by Crippen LogP contribution is 2.11. The largest absolute Gasteiger partial charge is 0.369 e. The van der Waals surface area contributed by atoms with Crippen LogP contribution in [0.2, 0.25) is 0 Å². The van der Waals surface area contributed by atoms with E-state index in [1.54, 1.807) is 12.4 Å². The van der Waals surface area contributed by atoms with Gasteiger partial charge in [0.1, 0.15) is 5.82 Å². The Morgan fingerprint density at radius 3 is 2.79 bits per heavy atom. The minimum Gasteiger partial charge on any atom is -0.369 e. The van der Waals surface area contributed by atoms with Gasteiger partial charge < -0.3 is 5.32 Å². The maximum Gasteiger partial charge on any atom is 0.147 e. The Morgan fingerprint density at radius 1 is 1.43 bits per heavy atom. The van der Waals surface area contributed by atoms with E-state index in [1.807, 2.05) is 18.7 Å². The highest BCUT2D eigenvalue weighted by atomic mass is 32.2. The zero-order valence-corrected chi connectivity index (χ0v) is 9.77. The minimum absolute atomic E-state index is 0.694. The van der Waals surface area contributed by atoms with Crippen molar-refractivity contribution in [1.29, 1.82) is 0 Å². The zero-order chi connectivity index (χ0) is 10.4. The summed E-state index contributed by atoms with van der Waals surface area (Å²) in [6.45, 7) is 5.16. The fourth-order valence-electron chi connectivity index (χ4n) is 1.09. The Labute approximate surface area is 89.7 Å². The zero-order valence-electron chi connectivity index (χ0n) is 8.95. The summed E-state index contributed by atoms with van der Waals surface area (Å²) < 4.78 is 0. The van der Waals surface area contributed by atoms with Crippen LogP contribution in [0.5, 0.6) is 0 Å². The van der Waals surface area contributed by atoms with Gasteiger partial charge in [-0.25, -0.2) is 4.98 Å². The van der Waals surface area contributed by atoms with Crippen LogP contribution in [0.25, 0.3) is 0 Å². The molecular formula is C10H17N3S. The van der Waals surface area contributed by atoms with Crippen LogP contribution in [0, 0.1) is 6.92 Å². The van der Waals surface area contributed by atoms with Crippen molar-refractivity contribution in [1.82, 2.24) is 9.97 Å². The molecule has 1 N–H and O–H groups in total. The van der Waals surface area contributed by atoms with Crippen LogP contribution in [-0.4, -0.2) is 28.0 Å². The van der Waals surface area contributed by atoms with Gasteiger partial charge >= 0.3 is 0 Å². The first-order valence-electron chi connectivity index (χ1n) is 4.78. The topological polar surface area (TPSA) is 37.8 Å². The number of aryl methyl sites for hydroxylation is 1. The van der Waals surface area contributed by atoms with Crippen LogP contribution in [0.4, 0.5) is 5.82 Å². The predicted octanol–water partition coefficient (Wildman–Crippen LogP) is 2.34. The first kappa shape index (κ1) is 11.3. The van der Waals surface area contributed by atoms with Gasteiger partial charge in [0.15, 0.2) is 0 Å². The standard InChI is InChI=1S/C10H17N3S/c1-8(14-3)4-5-12-10-9(2)11-6-7-13-10/h6-8H,4-5H2,1-3H3,(H,12,13). The molecule has 0 saturated heterocycles. The molecule has 0 radical (unpaired) electrons. The third kappa shape index (κ3) is 3.54. The van der Waals surface area contributed by atoms with E-state index >= 15 is 0 Å². The van der Waals surface area contributed by atoms with E-state index in [1.165, 1.54) is 0 Å². The van der Waals surface area contributed by atoms with Gasteiger partial charge in [-0.05, 0) is 19.6 Å². The lowest BCUT2D eigenvalue weighted by atomic mass is 10.3. The molecule has 1 heterocycles. The number of aromatic nitrogens is 2. The summed E-state index contributed by atoms with van der Waals surface area (Å²) >= 11 is 1.89. The number of hydrogen-bond donors (Lipinski definition) is 1. The smallest absolute Gasteiger partial charge is 0.147 e. The Balaban J connectivity index is 2.35. The van der Waals surface area contributed by atoms with E-state index in [-0.39, 0.29) is 0 Å². The van der Waals surface area contributed by atoms with Crippen LogP contribution in [0.3, 0.4) is 0 Å². The third-order valence-corrected chi connectivity index (χ3v) is 3.17. The lowest BCUT2D eigenvalue weighted by Crippen LogP contribution is -2.10. The third-order valence-electron chi connectivity index (χ3n) is 2.13. The second-order valence-electron chi connectivity index (χ2n) is 3.25. The van der Waals surface area contributed by atoms with Crippen molar-refractivity contribution in [3.8, 4) is 0 Å². The molecule has 1 atom stereocenters. The van der Waals surface area contributed by atoms with E-state index in [2.05, 4.69) is 28.5 Å². The maximum absolute atomic E-state index is 4.22. The maximum atomic E-state index is 4.22. The molecule has 0 aliphatic carbocycles. The monoisotopic (exact) mass is 211 g/mol. The fourth-order valence-corrected chi connectivity index (χ4v) is 1.45. The summed E-state index contributed by atoms with van der Waals surface area (Å²) in [5.41, 5.74) is 0.962. The molecule has 1 aromatic heterocycles. The number of nitrogens with one attached hydrogen (secondary N) is 1. The molecule has 0 aliphatic heterocycles. The average molecular weight is 211 g/mol. The van der Waals surface area contributed by atoms with Gasteiger partial charge in [-0.2, -0.15) is 11.8 Å².